The highest BCUT2D eigenvalue weighted by molar-refractivity contribution is 6.35. The van der Waals surface area contributed by atoms with Crippen LogP contribution in [0.5, 0.6) is 5.75 Å². The van der Waals surface area contributed by atoms with Gasteiger partial charge in [0, 0.05) is 19.0 Å². The van der Waals surface area contributed by atoms with Gasteiger partial charge < -0.3 is 10.1 Å². The first-order chi connectivity index (χ1) is 7.95. The Balaban J connectivity index is 2.90. The van der Waals surface area contributed by atoms with Crippen molar-refractivity contribution in [3.8, 4) is 5.75 Å². The van der Waals surface area contributed by atoms with Crippen LogP contribution in [0, 0.1) is 13.8 Å². The van der Waals surface area contributed by atoms with Crippen molar-refractivity contribution in [1.82, 2.24) is 5.32 Å². The van der Waals surface area contributed by atoms with Crippen molar-refractivity contribution < 1.29 is 14.3 Å². The van der Waals surface area contributed by atoms with Crippen molar-refractivity contribution in [2.45, 2.75) is 27.3 Å². The molecule has 0 spiro atoms. The van der Waals surface area contributed by atoms with Gasteiger partial charge in [-0.25, -0.2) is 0 Å². The maximum atomic E-state index is 11.2. The maximum absolute atomic E-state index is 11.2. The average Bonchev–Trinajstić information content (AvgIpc) is 2.24. The minimum atomic E-state index is -0.578. The monoisotopic (exact) mass is 235 g/mol. The molecule has 1 amide bonds. The lowest BCUT2D eigenvalue weighted by Crippen LogP contribution is -2.28. The van der Waals surface area contributed by atoms with Gasteiger partial charge in [0.05, 0.1) is 7.11 Å². The second-order valence-electron chi connectivity index (χ2n) is 4.01. The van der Waals surface area contributed by atoms with Crippen molar-refractivity contribution in [2.75, 3.05) is 7.11 Å². The van der Waals surface area contributed by atoms with E-state index in [1.54, 1.807) is 7.11 Å². The fraction of sp³-hybridized carbons (Fsp3) is 0.385. The van der Waals surface area contributed by atoms with E-state index in [9.17, 15) is 9.59 Å². The Bertz CT molecular complexity index is 452. The van der Waals surface area contributed by atoms with Crippen LogP contribution >= 0.6 is 0 Å². The van der Waals surface area contributed by atoms with E-state index in [2.05, 4.69) is 5.32 Å². The topological polar surface area (TPSA) is 55.4 Å². The summed E-state index contributed by atoms with van der Waals surface area (Å²) in [6.07, 6.45) is 0. The molecule has 1 aromatic rings. The normalized spacial score (nSPS) is 9.88. The summed E-state index contributed by atoms with van der Waals surface area (Å²) >= 11 is 0. The molecule has 0 bridgehead atoms. The van der Waals surface area contributed by atoms with Gasteiger partial charge in [0.1, 0.15) is 5.75 Å². The molecule has 4 nitrogen and oxygen atoms in total. The van der Waals surface area contributed by atoms with E-state index >= 15 is 0 Å². The van der Waals surface area contributed by atoms with Gasteiger partial charge in [-0.05, 0) is 19.4 Å². The number of carbonyl (C=O) groups is 2. The first-order valence-corrected chi connectivity index (χ1v) is 5.38. The van der Waals surface area contributed by atoms with E-state index in [-0.39, 0.29) is 0 Å². The highest BCUT2D eigenvalue weighted by Crippen LogP contribution is 2.24. The number of aryl methyl sites for hydroxylation is 2. The highest BCUT2D eigenvalue weighted by Gasteiger charge is 2.11. The summed E-state index contributed by atoms with van der Waals surface area (Å²) in [6.45, 7) is 5.46. The van der Waals surface area contributed by atoms with Gasteiger partial charge in [0.2, 0.25) is 5.78 Å². The molecule has 17 heavy (non-hydrogen) atoms. The lowest BCUT2D eigenvalue weighted by Gasteiger charge is -2.13. The van der Waals surface area contributed by atoms with Gasteiger partial charge in [0.25, 0.3) is 5.91 Å². The molecular formula is C13H17NO3. The Morgan fingerprint density at radius 1 is 1.29 bits per heavy atom. The van der Waals surface area contributed by atoms with Crippen molar-refractivity contribution >= 4 is 11.7 Å². The van der Waals surface area contributed by atoms with Crippen LogP contribution in [0.4, 0.5) is 0 Å². The van der Waals surface area contributed by atoms with Crippen molar-refractivity contribution in [1.29, 1.82) is 0 Å². The fourth-order valence-corrected chi connectivity index (χ4v) is 1.77. The number of methoxy groups -OCH3 is 1. The van der Waals surface area contributed by atoms with Gasteiger partial charge in [-0.3, -0.25) is 9.59 Å². The van der Waals surface area contributed by atoms with Gasteiger partial charge in [0.15, 0.2) is 0 Å². The van der Waals surface area contributed by atoms with E-state index < -0.39 is 11.7 Å². The van der Waals surface area contributed by atoms with E-state index in [0.29, 0.717) is 6.54 Å². The average molecular weight is 235 g/mol. The predicted molar refractivity (Wildman–Crippen MR) is 65.0 cm³/mol. The third kappa shape index (κ3) is 3.31. The lowest BCUT2D eigenvalue weighted by molar-refractivity contribution is -0.136. The largest absolute Gasteiger partial charge is 0.496 e. The highest BCUT2D eigenvalue weighted by atomic mass is 16.5. The second kappa shape index (κ2) is 5.48. The minimum Gasteiger partial charge on any atom is -0.496 e. The van der Waals surface area contributed by atoms with Crippen LogP contribution in [0.3, 0.4) is 0 Å². The fourth-order valence-electron chi connectivity index (χ4n) is 1.77. The van der Waals surface area contributed by atoms with E-state index in [4.69, 9.17) is 4.74 Å². The van der Waals surface area contributed by atoms with Crippen LogP contribution < -0.4 is 10.1 Å². The molecule has 0 aromatic heterocycles. The molecular weight excluding hydrogens is 218 g/mol. The standard InChI is InChI=1S/C13H17NO3/c1-8-5-9(2)12(17-4)11(6-8)7-14-13(16)10(3)15/h5-6H,7H2,1-4H3,(H,14,16). The van der Waals surface area contributed by atoms with Crippen molar-refractivity contribution in [3.05, 3.63) is 28.8 Å². The summed E-state index contributed by atoms with van der Waals surface area (Å²) in [4.78, 5) is 22.0. The first kappa shape index (κ1) is 13.2. The zero-order valence-corrected chi connectivity index (χ0v) is 10.6. The third-order valence-electron chi connectivity index (χ3n) is 2.46. The SMILES string of the molecule is COc1c(C)cc(C)cc1CNC(=O)C(C)=O. The second-order valence-corrected chi connectivity index (χ2v) is 4.01. The first-order valence-electron chi connectivity index (χ1n) is 5.38. The van der Waals surface area contributed by atoms with Crippen LogP contribution in [-0.2, 0) is 16.1 Å². The number of Topliss-reactive ketones (excluding diaryl/α,β-unsaturated/α-hetero) is 1. The Labute approximate surface area is 101 Å². The van der Waals surface area contributed by atoms with Gasteiger partial charge >= 0.3 is 0 Å². The van der Waals surface area contributed by atoms with Crippen molar-refractivity contribution in [3.63, 3.8) is 0 Å². The van der Waals surface area contributed by atoms with Crippen LogP contribution in [-0.4, -0.2) is 18.8 Å². The molecule has 0 radical (unpaired) electrons. The number of hydrogen-bond donors (Lipinski definition) is 1. The molecule has 4 heteroatoms. The molecule has 0 aliphatic rings. The third-order valence-corrected chi connectivity index (χ3v) is 2.46. The molecule has 92 valence electrons. The molecule has 1 N–H and O–H groups in total. The Kier molecular flexibility index (Phi) is 4.26. The molecule has 0 heterocycles. The zero-order valence-electron chi connectivity index (χ0n) is 10.6. The minimum absolute atomic E-state index is 0.296. The Morgan fingerprint density at radius 3 is 2.47 bits per heavy atom. The summed E-state index contributed by atoms with van der Waals surface area (Å²) in [5.74, 6) is -0.320. The summed E-state index contributed by atoms with van der Waals surface area (Å²) in [5, 5.41) is 2.56. The molecule has 0 saturated heterocycles. The summed E-state index contributed by atoms with van der Waals surface area (Å²) < 4.78 is 5.29. The van der Waals surface area contributed by atoms with E-state index in [1.807, 2.05) is 26.0 Å². The van der Waals surface area contributed by atoms with E-state index in [1.165, 1.54) is 6.92 Å². The Hall–Kier alpha value is -1.84. The number of carbonyl (C=O) groups excluding carboxylic acids is 2. The molecule has 1 aromatic carbocycles. The van der Waals surface area contributed by atoms with Crippen LogP contribution in [0.15, 0.2) is 12.1 Å². The number of ketones is 1. The maximum Gasteiger partial charge on any atom is 0.287 e. The predicted octanol–water partition coefficient (Wildman–Crippen LogP) is 1.52. The number of nitrogens with one attached hydrogen (secondary N) is 1. The van der Waals surface area contributed by atoms with E-state index in [0.717, 1.165) is 22.4 Å². The summed E-state index contributed by atoms with van der Waals surface area (Å²) in [5.41, 5.74) is 2.98. The number of rotatable bonds is 4. The molecule has 0 unspecified atom stereocenters. The van der Waals surface area contributed by atoms with Gasteiger partial charge in [-0.1, -0.05) is 17.7 Å². The summed E-state index contributed by atoms with van der Waals surface area (Å²) in [7, 11) is 1.59. The van der Waals surface area contributed by atoms with Gasteiger partial charge in [-0.15, -0.1) is 0 Å². The number of benzene rings is 1. The number of hydrogen-bond acceptors (Lipinski definition) is 3. The molecule has 1 rings (SSSR count). The molecule has 0 aliphatic heterocycles. The zero-order chi connectivity index (χ0) is 13.0. The number of amides is 1. The molecule has 0 fully saturated rings. The van der Waals surface area contributed by atoms with Crippen LogP contribution in [0.2, 0.25) is 0 Å². The Morgan fingerprint density at radius 2 is 1.94 bits per heavy atom. The summed E-state index contributed by atoms with van der Waals surface area (Å²) in [6, 6.07) is 3.95. The quantitative estimate of drug-likeness (QED) is 0.805. The number of ether oxygens (including phenoxy) is 1. The van der Waals surface area contributed by atoms with Crippen LogP contribution in [0.1, 0.15) is 23.6 Å². The van der Waals surface area contributed by atoms with Gasteiger partial charge in [-0.2, -0.15) is 0 Å². The van der Waals surface area contributed by atoms with Crippen LogP contribution in [0.25, 0.3) is 0 Å². The van der Waals surface area contributed by atoms with Crippen molar-refractivity contribution in [2.24, 2.45) is 0 Å². The molecule has 0 aliphatic carbocycles. The lowest BCUT2D eigenvalue weighted by atomic mass is 10.1. The molecule has 0 saturated carbocycles. The molecule has 0 atom stereocenters. The smallest absolute Gasteiger partial charge is 0.287 e.